The Hall–Kier alpha value is -0.390. The summed E-state index contributed by atoms with van der Waals surface area (Å²) in [5.74, 6) is 0.118. The van der Waals surface area contributed by atoms with E-state index in [1.165, 1.54) is 0 Å². The van der Waals surface area contributed by atoms with Crippen LogP contribution in [0.1, 0.15) is 31.2 Å². The van der Waals surface area contributed by atoms with Gasteiger partial charge in [0.15, 0.2) is 0 Å². The Kier molecular flexibility index (Phi) is 5.42. The lowest BCUT2D eigenvalue weighted by atomic mass is 10.0. The average molecular weight is 346 g/mol. The Balaban J connectivity index is 2.13. The molecule has 0 N–H and O–H groups in total. The number of hydrogen-bond donors (Lipinski definition) is 0. The summed E-state index contributed by atoms with van der Waals surface area (Å²) in [7, 11) is -3.20. The molecule has 0 aliphatic carbocycles. The quantitative estimate of drug-likeness (QED) is 0.768. The lowest BCUT2D eigenvalue weighted by Crippen LogP contribution is -2.44. The Labute approximate surface area is 124 Å². The first-order valence-electron chi connectivity index (χ1n) is 6.73. The third-order valence-electron chi connectivity index (χ3n) is 3.56. The van der Waals surface area contributed by atoms with Gasteiger partial charge in [-0.1, -0.05) is 52.7 Å². The number of alkyl halides is 1. The van der Waals surface area contributed by atoms with E-state index in [0.29, 0.717) is 6.54 Å². The molecule has 1 unspecified atom stereocenters. The maximum Gasteiger partial charge on any atom is 0.218 e. The highest BCUT2D eigenvalue weighted by atomic mass is 79.9. The molecule has 0 spiro atoms. The lowest BCUT2D eigenvalue weighted by Gasteiger charge is -2.34. The molecular weight excluding hydrogens is 326 g/mol. The largest absolute Gasteiger partial charge is 0.218 e. The summed E-state index contributed by atoms with van der Waals surface area (Å²) in [4.78, 5) is 0. The second-order valence-corrected chi connectivity index (χ2v) is 7.69. The maximum atomic E-state index is 12.6. The van der Waals surface area contributed by atoms with Crippen molar-refractivity contribution < 1.29 is 8.42 Å². The molecule has 5 heteroatoms. The number of benzene rings is 1. The standard InChI is InChI=1S/C14H20BrNO2S/c15-10-9-14-8-4-5-11-16(14)19(17,18)12-13-6-2-1-3-7-13/h1-3,6-7,14H,4-5,8-12H2. The predicted molar refractivity (Wildman–Crippen MR) is 81.8 cm³/mol. The molecular formula is C14H20BrNO2S. The van der Waals surface area contributed by atoms with Crippen LogP contribution in [0.15, 0.2) is 30.3 Å². The normalized spacial score (nSPS) is 21.4. The van der Waals surface area contributed by atoms with Gasteiger partial charge >= 0.3 is 0 Å². The van der Waals surface area contributed by atoms with E-state index in [2.05, 4.69) is 15.9 Å². The molecule has 2 rings (SSSR count). The fourth-order valence-electron chi connectivity index (χ4n) is 2.62. The zero-order valence-corrected chi connectivity index (χ0v) is 13.4. The topological polar surface area (TPSA) is 37.4 Å². The van der Waals surface area contributed by atoms with Crippen LogP contribution in [-0.2, 0) is 15.8 Å². The van der Waals surface area contributed by atoms with Crippen molar-refractivity contribution in [1.82, 2.24) is 4.31 Å². The summed E-state index contributed by atoms with van der Waals surface area (Å²) >= 11 is 3.42. The Morgan fingerprint density at radius 2 is 1.95 bits per heavy atom. The van der Waals surface area contributed by atoms with Gasteiger partial charge in [0, 0.05) is 17.9 Å². The fourth-order valence-corrected chi connectivity index (χ4v) is 5.00. The molecule has 0 aromatic heterocycles. The van der Waals surface area contributed by atoms with Gasteiger partial charge in [-0.25, -0.2) is 8.42 Å². The van der Waals surface area contributed by atoms with Gasteiger partial charge in [-0.05, 0) is 24.8 Å². The number of hydrogen-bond acceptors (Lipinski definition) is 2. The molecule has 1 saturated heterocycles. The van der Waals surface area contributed by atoms with E-state index < -0.39 is 10.0 Å². The van der Waals surface area contributed by atoms with Crippen molar-refractivity contribution in [2.24, 2.45) is 0 Å². The second kappa shape index (κ2) is 6.86. The van der Waals surface area contributed by atoms with Crippen LogP contribution in [-0.4, -0.2) is 30.6 Å². The van der Waals surface area contributed by atoms with Crippen LogP contribution in [0, 0.1) is 0 Å². The van der Waals surface area contributed by atoms with Gasteiger partial charge in [-0.2, -0.15) is 4.31 Å². The monoisotopic (exact) mass is 345 g/mol. The van der Waals surface area contributed by atoms with Crippen molar-refractivity contribution in [2.45, 2.75) is 37.5 Å². The third-order valence-corrected chi connectivity index (χ3v) is 5.92. The highest BCUT2D eigenvalue weighted by molar-refractivity contribution is 9.09. The lowest BCUT2D eigenvalue weighted by molar-refractivity contribution is 0.248. The van der Waals surface area contributed by atoms with Gasteiger partial charge in [-0.15, -0.1) is 0 Å². The smallest absolute Gasteiger partial charge is 0.212 e. The molecule has 1 atom stereocenters. The molecule has 0 radical (unpaired) electrons. The Morgan fingerprint density at radius 1 is 1.21 bits per heavy atom. The number of nitrogens with zero attached hydrogens (tertiary/aromatic N) is 1. The highest BCUT2D eigenvalue weighted by Gasteiger charge is 2.31. The summed E-state index contributed by atoms with van der Waals surface area (Å²) in [6, 6.07) is 9.60. The van der Waals surface area contributed by atoms with Gasteiger partial charge < -0.3 is 0 Å². The van der Waals surface area contributed by atoms with Crippen molar-refractivity contribution in [3.05, 3.63) is 35.9 Å². The molecule has 19 heavy (non-hydrogen) atoms. The first-order chi connectivity index (χ1) is 9.13. The van der Waals surface area contributed by atoms with Gasteiger partial charge in [0.2, 0.25) is 10.0 Å². The van der Waals surface area contributed by atoms with Crippen LogP contribution in [0.5, 0.6) is 0 Å². The van der Waals surface area contributed by atoms with Crippen molar-refractivity contribution in [3.63, 3.8) is 0 Å². The molecule has 1 fully saturated rings. The van der Waals surface area contributed by atoms with Crippen molar-refractivity contribution in [3.8, 4) is 0 Å². The van der Waals surface area contributed by atoms with Crippen LogP contribution in [0.4, 0.5) is 0 Å². The molecule has 3 nitrogen and oxygen atoms in total. The SMILES string of the molecule is O=S(=O)(Cc1ccccc1)N1CCCCC1CCBr. The maximum absolute atomic E-state index is 12.6. The molecule has 1 aliphatic heterocycles. The molecule has 106 valence electrons. The minimum atomic E-state index is -3.20. The van der Waals surface area contributed by atoms with E-state index in [1.54, 1.807) is 4.31 Å². The zero-order valence-electron chi connectivity index (χ0n) is 11.0. The molecule has 1 aromatic carbocycles. The predicted octanol–water partition coefficient (Wildman–Crippen LogP) is 3.16. The number of rotatable bonds is 5. The van der Waals surface area contributed by atoms with E-state index in [4.69, 9.17) is 0 Å². The number of sulfonamides is 1. The summed E-state index contributed by atoms with van der Waals surface area (Å²) in [5.41, 5.74) is 0.866. The molecule has 0 amide bonds. The molecule has 0 bridgehead atoms. The fraction of sp³-hybridized carbons (Fsp3) is 0.571. The summed E-state index contributed by atoms with van der Waals surface area (Å²) in [6.07, 6.45) is 4.00. The van der Waals surface area contributed by atoms with Crippen molar-refractivity contribution in [2.75, 3.05) is 11.9 Å². The van der Waals surface area contributed by atoms with Crippen LogP contribution in [0.3, 0.4) is 0 Å². The van der Waals surface area contributed by atoms with E-state index in [1.807, 2.05) is 30.3 Å². The second-order valence-electron chi connectivity index (χ2n) is 4.98. The first kappa shape index (κ1) is 15.0. The van der Waals surface area contributed by atoms with E-state index in [0.717, 1.165) is 36.6 Å². The van der Waals surface area contributed by atoms with Crippen LogP contribution in [0.2, 0.25) is 0 Å². The van der Waals surface area contributed by atoms with Crippen molar-refractivity contribution in [1.29, 1.82) is 0 Å². The summed E-state index contributed by atoms with van der Waals surface area (Å²) < 4.78 is 26.8. The first-order valence-corrected chi connectivity index (χ1v) is 9.46. The molecule has 1 aliphatic rings. The van der Waals surface area contributed by atoms with Crippen molar-refractivity contribution >= 4 is 26.0 Å². The van der Waals surface area contributed by atoms with Gasteiger partial charge in [0.05, 0.1) is 5.75 Å². The minimum absolute atomic E-state index is 0.118. The van der Waals surface area contributed by atoms with Gasteiger partial charge in [0.1, 0.15) is 0 Å². The summed E-state index contributed by atoms with van der Waals surface area (Å²) in [5, 5.41) is 0.856. The van der Waals surface area contributed by atoms with E-state index >= 15 is 0 Å². The Bertz CT molecular complexity index is 487. The average Bonchev–Trinajstić information content (AvgIpc) is 2.40. The number of piperidine rings is 1. The van der Waals surface area contributed by atoms with E-state index in [9.17, 15) is 8.42 Å². The minimum Gasteiger partial charge on any atom is -0.212 e. The zero-order chi connectivity index (χ0) is 13.7. The molecule has 0 saturated carbocycles. The number of halogens is 1. The van der Waals surface area contributed by atoms with Crippen LogP contribution < -0.4 is 0 Å². The molecule has 1 aromatic rings. The van der Waals surface area contributed by atoms with Gasteiger partial charge in [-0.3, -0.25) is 0 Å². The summed E-state index contributed by atoms with van der Waals surface area (Å²) in [6.45, 7) is 0.673. The molecule has 1 heterocycles. The van der Waals surface area contributed by atoms with Crippen LogP contribution in [0.25, 0.3) is 0 Å². The van der Waals surface area contributed by atoms with E-state index in [-0.39, 0.29) is 11.8 Å². The van der Waals surface area contributed by atoms with Gasteiger partial charge in [0.25, 0.3) is 0 Å². The Morgan fingerprint density at radius 3 is 2.63 bits per heavy atom. The highest BCUT2D eigenvalue weighted by Crippen LogP contribution is 2.25. The third kappa shape index (κ3) is 4.04. The van der Waals surface area contributed by atoms with Crippen LogP contribution >= 0.6 is 15.9 Å².